The van der Waals surface area contributed by atoms with E-state index in [0.717, 1.165) is 29.8 Å². The molecule has 1 amide bonds. The largest absolute Gasteiger partial charge is 0.465 e. The molecular weight excluding hydrogens is 448 g/mol. The summed E-state index contributed by atoms with van der Waals surface area (Å²) in [4.78, 5) is 28.6. The minimum Gasteiger partial charge on any atom is -0.465 e. The number of carbonyl (C=O) groups excluding carboxylic acids is 2. The number of benzene rings is 1. The van der Waals surface area contributed by atoms with Crippen molar-refractivity contribution in [2.75, 3.05) is 25.2 Å². The summed E-state index contributed by atoms with van der Waals surface area (Å²) in [5.74, 6) is -0.877. The number of anilines is 1. The lowest BCUT2D eigenvalue weighted by atomic mass is 10.0. The molecule has 0 radical (unpaired) electrons. The van der Waals surface area contributed by atoms with E-state index < -0.39 is 21.7 Å². The molecule has 10 heteroatoms. The van der Waals surface area contributed by atoms with E-state index in [-0.39, 0.29) is 17.3 Å². The van der Waals surface area contributed by atoms with Gasteiger partial charge < -0.3 is 10.1 Å². The van der Waals surface area contributed by atoms with Gasteiger partial charge in [0.1, 0.15) is 5.00 Å². The topological polar surface area (TPSA) is 92.8 Å². The normalized spacial score (nSPS) is 14.0. The Morgan fingerprint density at radius 1 is 1.20 bits per heavy atom. The van der Waals surface area contributed by atoms with Crippen LogP contribution >= 0.6 is 23.7 Å². The number of rotatable bonds is 5. The van der Waals surface area contributed by atoms with Crippen molar-refractivity contribution < 1.29 is 22.7 Å². The van der Waals surface area contributed by atoms with Crippen LogP contribution in [-0.4, -0.2) is 51.1 Å². The lowest BCUT2D eigenvalue weighted by molar-refractivity contribution is 0.0600. The highest BCUT2D eigenvalue weighted by Crippen LogP contribution is 2.38. The third kappa shape index (κ3) is 5.03. The number of hydrogen-bond acceptors (Lipinski definition) is 7. The van der Waals surface area contributed by atoms with E-state index in [4.69, 9.17) is 4.74 Å². The molecule has 1 aromatic carbocycles. The molecule has 0 spiro atoms. The molecule has 2 aromatic rings. The number of nitrogens with zero attached hydrogens (tertiary/aromatic N) is 1. The fourth-order valence-corrected chi connectivity index (χ4v) is 5.19. The smallest absolute Gasteiger partial charge is 0.341 e. The molecule has 1 aliphatic rings. The molecule has 164 valence electrons. The van der Waals surface area contributed by atoms with Crippen molar-refractivity contribution in [1.82, 2.24) is 4.90 Å². The van der Waals surface area contributed by atoms with Crippen LogP contribution in [0.1, 0.15) is 45.0 Å². The van der Waals surface area contributed by atoms with E-state index in [1.165, 1.54) is 42.7 Å². The molecular formula is C20H25ClN2O5S2. The number of methoxy groups -OCH3 is 1. The standard InChI is InChI=1S/C20H24N2O5S2.ClH/c1-12(2)22-10-9-15-16(11-22)28-19(17(15)20(24)27-3)21-18(23)13-5-7-14(8-6-13)29(4,25)26;/h5-8,12H,9-11H2,1-4H3,(H,21,23);1H. The summed E-state index contributed by atoms with van der Waals surface area (Å²) in [6.07, 6.45) is 1.83. The van der Waals surface area contributed by atoms with Crippen molar-refractivity contribution in [3.05, 3.63) is 45.8 Å². The summed E-state index contributed by atoms with van der Waals surface area (Å²) in [5, 5.41) is 3.27. The molecule has 1 aromatic heterocycles. The van der Waals surface area contributed by atoms with Gasteiger partial charge in [-0.15, -0.1) is 23.7 Å². The molecule has 0 saturated carbocycles. The Bertz CT molecular complexity index is 1050. The molecule has 0 unspecified atom stereocenters. The Hall–Kier alpha value is -1.94. The maximum atomic E-state index is 12.7. The number of ether oxygens (including phenoxy) is 1. The van der Waals surface area contributed by atoms with E-state index in [1.54, 1.807) is 0 Å². The second-order valence-electron chi connectivity index (χ2n) is 7.26. The first-order chi connectivity index (χ1) is 13.6. The van der Waals surface area contributed by atoms with Gasteiger partial charge in [0.05, 0.1) is 17.6 Å². The molecule has 3 rings (SSSR count). The van der Waals surface area contributed by atoms with Crippen LogP contribution in [0.4, 0.5) is 5.00 Å². The van der Waals surface area contributed by atoms with E-state index in [2.05, 4.69) is 24.1 Å². The number of halogens is 1. The summed E-state index contributed by atoms with van der Waals surface area (Å²) in [5.41, 5.74) is 1.65. The second-order valence-corrected chi connectivity index (χ2v) is 10.4. The maximum absolute atomic E-state index is 12.7. The SMILES string of the molecule is COC(=O)c1c(NC(=O)c2ccc(S(C)(=O)=O)cc2)sc2c1CCN(C(C)C)C2.Cl. The second kappa shape index (κ2) is 9.47. The number of amides is 1. The van der Waals surface area contributed by atoms with E-state index >= 15 is 0 Å². The molecule has 30 heavy (non-hydrogen) atoms. The quantitative estimate of drug-likeness (QED) is 0.670. The van der Waals surface area contributed by atoms with Crippen molar-refractivity contribution in [3.63, 3.8) is 0 Å². The molecule has 0 fully saturated rings. The number of hydrogen-bond donors (Lipinski definition) is 1. The average molecular weight is 473 g/mol. The number of thiophene rings is 1. The number of carbonyl (C=O) groups is 2. The average Bonchev–Trinajstić information content (AvgIpc) is 3.03. The molecule has 0 atom stereocenters. The van der Waals surface area contributed by atoms with Crippen LogP contribution in [0, 0.1) is 0 Å². The first-order valence-electron chi connectivity index (χ1n) is 9.20. The fraction of sp³-hybridized carbons (Fsp3) is 0.400. The predicted octanol–water partition coefficient (Wildman–Crippen LogP) is 3.38. The van der Waals surface area contributed by atoms with Gasteiger partial charge in [0, 0.05) is 35.8 Å². The molecule has 1 N–H and O–H groups in total. The van der Waals surface area contributed by atoms with E-state index in [9.17, 15) is 18.0 Å². The summed E-state index contributed by atoms with van der Waals surface area (Å²) in [6.45, 7) is 5.82. The first kappa shape index (κ1) is 24.3. The monoisotopic (exact) mass is 472 g/mol. The molecule has 7 nitrogen and oxygen atoms in total. The molecule has 1 aliphatic heterocycles. The zero-order valence-electron chi connectivity index (χ0n) is 17.2. The molecule has 0 bridgehead atoms. The summed E-state index contributed by atoms with van der Waals surface area (Å²) >= 11 is 1.39. The van der Waals surface area contributed by atoms with Crippen LogP contribution in [0.15, 0.2) is 29.2 Å². The van der Waals surface area contributed by atoms with Crippen LogP contribution < -0.4 is 5.32 Å². The highest BCUT2D eigenvalue weighted by Gasteiger charge is 2.30. The van der Waals surface area contributed by atoms with E-state index in [1.807, 2.05) is 0 Å². The maximum Gasteiger partial charge on any atom is 0.341 e. The Kier molecular flexibility index (Phi) is 7.68. The van der Waals surface area contributed by atoms with Crippen molar-refractivity contribution in [2.45, 2.75) is 37.8 Å². The zero-order chi connectivity index (χ0) is 21.3. The van der Waals surface area contributed by atoms with Gasteiger partial charge in [0.2, 0.25) is 0 Å². The van der Waals surface area contributed by atoms with E-state index in [0.29, 0.717) is 28.6 Å². The first-order valence-corrected chi connectivity index (χ1v) is 11.9. The summed E-state index contributed by atoms with van der Waals surface area (Å²) in [7, 11) is -2.01. The van der Waals surface area contributed by atoms with Crippen molar-refractivity contribution in [1.29, 1.82) is 0 Å². The highest BCUT2D eigenvalue weighted by atomic mass is 35.5. The lowest BCUT2D eigenvalue weighted by Crippen LogP contribution is -2.35. The van der Waals surface area contributed by atoms with Crippen LogP contribution in [0.3, 0.4) is 0 Å². The number of nitrogens with one attached hydrogen (secondary N) is 1. The molecule has 0 aliphatic carbocycles. The van der Waals surface area contributed by atoms with Crippen LogP contribution in [0.2, 0.25) is 0 Å². The Morgan fingerprint density at radius 3 is 2.37 bits per heavy atom. The van der Waals surface area contributed by atoms with Gasteiger partial charge >= 0.3 is 5.97 Å². The van der Waals surface area contributed by atoms with Gasteiger partial charge in [0.15, 0.2) is 9.84 Å². The third-order valence-corrected chi connectivity index (χ3v) is 7.24. The summed E-state index contributed by atoms with van der Waals surface area (Å²) < 4.78 is 28.1. The predicted molar refractivity (Wildman–Crippen MR) is 120 cm³/mol. The van der Waals surface area contributed by atoms with Crippen LogP contribution in [-0.2, 0) is 27.5 Å². The molecule has 2 heterocycles. The van der Waals surface area contributed by atoms with Crippen molar-refractivity contribution in [3.8, 4) is 0 Å². The Balaban J connectivity index is 0.00000320. The minimum atomic E-state index is -3.34. The van der Waals surface area contributed by atoms with Crippen LogP contribution in [0.5, 0.6) is 0 Å². The highest BCUT2D eigenvalue weighted by molar-refractivity contribution is 7.90. The van der Waals surface area contributed by atoms with Crippen molar-refractivity contribution >= 4 is 50.5 Å². The third-order valence-electron chi connectivity index (χ3n) is 4.98. The van der Waals surface area contributed by atoms with Gasteiger partial charge in [-0.3, -0.25) is 9.69 Å². The van der Waals surface area contributed by atoms with Gasteiger partial charge in [-0.25, -0.2) is 13.2 Å². The lowest BCUT2D eigenvalue weighted by Gasteiger charge is -2.30. The van der Waals surface area contributed by atoms with Gasteiger partial charge in [-0.1, -0.05) is 0 Å². The Morgan fingerprint density at radius 2 is 1.83 bits per heavy atom. The van der Waals surface area contributed by atoms with Gasteiger partial charge in [-0.2, -0.15) is 0 Å². The molecule has 0 saturated heterocycles. The fourth-order valence-electron chi connectivity index (χ4n) is 3.30. The minimum absolute atomic E-state index is 0. The number of sulfone groups is 1. The zero-order valence-corrected chi connectivity index (χ0v) is 19.7. The van der Waals surface area contributed by atoms with Gasteiger partial charge in [-0.05, 0) is 50.1 Å². The van der Waals surface area contributed by atoms with Crippen LogP contribution in [0.25, 0.3) is 0 Å². The number of esters is 1. The van der Waals surface area contributed by atoms with Crippen molar-refractivity contribution in [2.24, 2.45) is 0 Å². The number of fused-ring (bicyclic) bond motifs is 1. The Labute approximate surface area is 186 Å². The van der Waals surface area contributed by atoms with Gasteiger partial charge in [0.25, 0.3) is 5.91 Å². The summed E-state index contributed by atoms with van der Waals surface area (Å²) in [6, 6.07) is 6.09.